The van der Waals surface area contributed by atoms with Crippen molar-refractivity contribution in [3.8, 4) is 0 Å². The van der Waals surface area contributed by atoms with E-state index < -0.39 is 0 Å². The van der Waals surface area contributed by atoms with Gasteiger partial charge in [0.2, 0.25) is 0 Å². The Hall–Kier alpha value is -0.500. The molecule has 0 heterocycles. The highest BCUT2D eigenvalue weighted by atomic mass is 79.9. The van der Waals surface area contributed by atoms with Crippen LogP contribution in [0.1, 0.15) is 33.2 Å². The van der Waals surface area contributed by atoms with E-state index in [-0.39, 0.29) is 5.38 Å². The van der Waals surface area contributed by atoms with Gasteiger partial charge in [-0.1, -0.05) is 45.7 Å². The van der Waals surface area contributed by atoms with Gasteiger partial charge in [-0.25, -0.2) is 0 Å². The summed E-state index contributed by atoms with van der Waals surface area (Å²) in [7, 11) is 0. The summed E-state index contributed by atoms with van der Waals surface area (Å²) < 4.78 is 1.04. The van der Waals surface area contributed by atoms with E-state index in [4.69, 9.17) is 23.2 Å². The smallest absolute Gasteiger partial charge is 0.0848 e. The lowest BCUT2D eigenvalue weighted by Crippen LogP contribution is -1.99. The summed E-state index contributed by atoms with van der Waals surface area (Å²) in [4.78, 5) is 0. The molecule has 3 heteroatoms. The largest absolute Gasteiger partial charge is 0.113 e. The van der Waals surface area contributed by atoms with E-state index in [1.807, 2.05) is 19.9 Å². The maximum atomic E-state index is 6.65. The van der Waals surface area contributed by atoms with Crippen LogP contribution in [0.3, 0.4) is 0 Å². The van der Waals surface area contributed by atoms with Gasteiger partial charge in [0.25, 0.3) is 0 Å². The van der Waals surface area contributed by atoms with E-state index >= 15 is 0 Å². The molecule has 0 aliphatic rings. The van der Waals surface area contributed by atoms with Crippen molar-refractivity contribution in [2.75, 3.05) is 0 Å². The second-order valence-corrected chi connectivity index (χ2v) is 6.54. The Morgan fingerprint density at radius 1 is 0.947 bits per heavy atom. The van der Waals surface area contributed by atoms with E-state index in [0.29, 0.717) is 0 Å². The Balaban J connectivity index is 2.49. The zero-order chi connectivity index (χ0) is 14.2. The van der Waals surface area contributed by atoms with E-state index in [1.54, 1.807) is 0 Å². The first-order valence-corrected chi connectivity index (χ1v) is 7.67. The van der Waals surface area contributed by atoms with Gasteiger partial charge in [0.05, 0.1) is 5.38 Å². The maximum absolute atomic E-state index is 6.65. The topological polar surface area (TPSA) is 0 Å². The highest BCUT2D eigenvalue weighted by molar-refractivity contribution is 9.10. The van der Waals surface area contributed by atoms with Crippen LogP contribution in [0.4, 0.5) is 0 Å². The maximum Gasteiger partial charge on any atom is 0.0848 e. The Morgan fingerprint density at radius 2 is 1.63 bits per heavy atom. The number of halogens is 3. The molecule has 0 aromatic heterocycles. The van der Waals surface area contributed by atoms with Gasteiger partial charge in [0.1, 0.15) is 0 Å². The lowest BCUT2D eigenvalue weighted by atomic mass is 9.97. The molecule has 0 nitrogen and oxygen atoms in total. The molecular weight excluding hydrogens is 343 g/mol. The molecule has 0 fully saturated rings. The zero-order valence-corrected chi connectivity index (χ0v) is 14.2. The van der Waals surface area contributed by atoms with Crippen LogP contribution in [0.25, 0.3) is 0 Å². The van der Waals surface area contributed by atoms with Crippen LogP contribution in [0.2, 0.25) is 5.02 Å². The molecule has 0 spiro atoms. The van der Waals surface area contributed by atoms with E-state index in [0.717, 1.165) is 31.7 Å². The van der Waals surface area contributed by atoms with Gasteiger partial charge in [-0.15, -0.1) is 11.6 Å². The fraction of sp³-hybridized carbons (Fsp3) is 0.250. The molecule has 0 radical (unpaired) electrons. The summed E-state index contributed by atoms with van der Waals surface area (Å²) in [5.41, 5.74) is 5.56. The van der Waals surface area contributed by atoms with Crippen molar-refractivity contribution in [1.29, 1.82) is 0 Å². The average molecular weight is 358 g/mol. The van der Waals surface area contributed by atoms with Crippen molar-refractivity contribution in [2.45, 2.75) is 26.1 Å². The third-order valence-electron chi connectivity index (χ3n) is 3.25. The van der Waals surface area contributed by atoms with Crippen LogP contribution in [0.5, 0.6) is 0 Å². The third kappa shape index (κ3) is 3.16. The number of alkyl halides is 1. The van der Waals surface area contributed by atoms with Crippen LogP contribution in [0, 0.1) is 20.8 Å². The Bertz CT molecular complexity index is 620. The summed E-state index contributed by atoms with van der Waals surface area (Å²) in [6.07, 6.45) is 0. The lowest BCUT2D eigenvalue weighted by Gasteiger charge is -2.16. The average Bonchev–Trinajstić information content (AvgIpc) is 2.33. The molecule has 2 aromatic carbocycles. The molecule has 1 unspecified atom stereocenters. The predicted molar refractivity (Wildman–Crippen MR) is 87.5 cm³/mol. The van der Waals surface area contributed by atoms with Crippen LogP contribution < -0.4 is 0 Å². The van der Waals surface area contributed by atoms with E-state index in [2.05, 4.69) is 47.1 Å². The summed E-state index contributed by atoms with van der Waals surface area (Å²) in [5, 5.41) is 0.610. The molecule has 1 atom stereocenters. The van der Waals surface area contributed by atoms with Gasteiger partial charge in [0, 0.05) is 9.50 Å². The van der Waals surface area contributed by atoms with Crippen molar-refractivity contribution < 1.29 is 0 Å². The number of hydrogen-bond donors (Lipinski definition) is 0. The molecule has 0 amide bonds. The highest BCUT2D eigenvalue weighted by Gasteiger charge is 2.17. The molecule has 0 bridgehead atoms. The number of benzene rings is 2. The normalized spacial score (nSPS) is 12.5. The van der Waals surface area contributed by atoms with Crippen LogP contribution in [-0.4, -0.2) is 0 Å². The molecule has 19 heavy (non-hydrogen) atoms. The van der Waals surface area contributed by atoms with Crippen molar-refractivity contribution in [2.24, 2.45) is 0 Å². The molecular formula is C16H15BrCl2. The van der Waals surface area contributed by atoms with Gasteiger partial charge in [-0.3, -0.25) is 0 Å². The molecule has 0 saturated heterocycles. The van der Waals surface area contributed by atoms with Crippen molar-refractivity contribution >= 4 is 39.1 Å². The van der Waals surface area contributed by atoms with Crippen molar-refractivity contribution in [3.63, 3.8) is 0 Å². The summed E-state index contributed by atoms with van der Waals surface area (Å²) in [6.45, 7) is 6.10. The molecule has 100 valence electrons. The van der Waals surface area contributed by atoms with E-state index in [1.165, 1.54) is 5.56 Å². The first-order valence-electron chi connectivity index (χ1n) is 6.07. The second-order valence-electron chi connectivity index (χ2n) is 4.85. The number of aryl methyl sites for hydroxylation is 3. The summed E-state index contributed by atoms with van der Waals surface area (Å²) >= 11 is 16.4. The molecule has 2 rings (SSSR count). The minimum absolute atomic E-state index is 0.175. The first kappa shape index (κ1) is 14.9. The minimum Gasteiger partial charge on any atom is -0.113 e. The fourth-order valence-electron chi connectivity index (χ4n) is 2.08. The fourth-order valence-corrected chi connectivity index (χ4v) is 3.58. The molecule has 0 aliphatic carbocycles. The summed E-state index contributed by atoms with van der Waals surface area (Å²) in [5.74, 6) is 0. The van der Waals surface area contributed by atoms with Gasteiger partial charge >= 0.3 is 0 Å². The van der Waals surface area contributed by atoms with Crippen molar-refractivity contribution in [3.05, 3.63) is 67.6 Å². The minimum atomic E-state index is -0.175. The summed E-state index contributed by atoms with van der Waals surface area (Å²) in [6, 6.07) is 10.3. The Kier molecular flexibility index (Phi) is 4.60. The Labute approximate surface area is 132 Å². The zero-order valence-electron chi connectivity index (χ0n) is 11.1. The number of hydrogen-bond acceptors (Lipinski definition) is 0. The van der Waals surface area contributed by atoms with Crippen LogP contribution in [-0.2, 0) is 0 Å². The van der Waals surface area contributed by atoms with Gasteiger partial charge in [0.15, 0.2) is 0 Å². The number of rotatable bonds is 2. The van der Waals surface area contributed by atoms with Crippen LogP contribution in [0.15, 0.2) is 34.8 Å². The third-order valence-corrected chi connectivity index (χ3v) is 4.81. The lowest BCUT2D eigenvalue weighted by molar-refractivity contribution is 1.09. The standard InChI is InChI=1S/C16H15BrCl2/c1-9-4-5-12(14(17)6-9)16(19)13-7-11(3)15(18)8-10(13)2/h4-8,16H,1-3H3. The first-order chi connectivity index (χ1) is 8.90. The SMILES string of the molecule is Cc1ccc(C(Cl)c2cc(C)c(Cl)cc2C)c(Br)c1. The predicted octanol–water partition coefficient (Wildman–Crippen LogP) is 6.36. The van der Waals surface area contributed by atoms with E-state index in [9.17, 15) is 0 Å². The quantitative estimate of drug-likeness (QED) is 0.549. The van der Waals surface area contributed by atoms with Crippen LogP contribution >= 0.6 is 39.1 Å². The van der Waals surface area contributed by atoms with Gasteiger partial charge in [-0.05, 0) is 60.7 Å². The van der Waals surface area contributed by atoms with Gasteiger partial charge in [-0.2, -0.15) is 0 Å². The Morgan fingerprint density at radius 3 is 2.26 bits per heavy atom. The monoisotopic (exact) mass is 356 g/mol. The molecule has 2 aromatic rings. The molecule has 0 aliphatic heterocycles. The second kappa shape index (κ2) is 5.87. The van der Waals surface area contributed by atoms with Gasteiger partial charge < -0.3 is 0 Å². The molecule has 0 saturated carbocycles. The van der Waals surface area contributed by atoms with Crippen molar-refractivity contribution in [1.82, 2.24) is 0 Å². The molecule has 0 N–H and O–H groups in total. The highest BCUT2D eigenvalue weighted by Crippen LogP contribution is 2.37.